The summed E-state index contributed by atoms with van der Waals surface area (Å²) in [6, 6.07) is 7.27. The van der Waals surface area contributed by atoms with E-state index in [1.54, 1.807) is 0 Å². The van der Waals surface area contributed by atoms with Crippen molar-refractivity contribution in [2.45, 2.75) is 26.1 Å². The predicted octanol–water partition coefficient (Wildman–Crippen LogP) is 1.90. The maximum atomic E-state index is 12.9. The van der Waals surface area contributed by atoms with Crippen LogP contribution >= 0.6 is 0 Å². The fraction of sp³-hybridized carbons (Fsp3) is 0.571. The first-order valence-electron chi connectivity index (χ1n) is 6.55. The third-order valence-electron chi connectivity index (χ3n) is 3.79. The molecule has 1 unspecified atom stereocenters. The first kappa shape index (κ1) is 13.3. The Morgan fingerprint density at radius 1 is 1.28 bits per heavy atom. The summed E-state index contributed by atoms with van der Waals surface area (Å²) in [4.78, 5) is 4.78. The molecule has 100 valence electrons. The third kappa shape index (κ3) is 2.82. The van der Waals surface area contributed by atoms with Gasteiger partial charge in [0.1, 0.15) is 5.82 Å². The molecular weight excluding hydrogens is 229 g/mol. The van der Waals surface area contributed by atoms with E-state index in [0.29, 0.717) is 12.2 Å². The van der Waals surface area contributed by atoms with Gasteiger partial charge in [-0.3, -0.25) is 4.90 Å². The van der Waals surface area contributed by atoms with Crippen LogP contribution in [0.2, 0.25) is 0 Å². The number of nitrogens with zero attached hydrogens (tertiary/aromatic N) is 2. The Labute approximate surface area is 109 Å². The van der Waals surface area contributed by atoms with Crippen molar-refractivity contribution in [2.24, 2.45) is 0 Å². The first-order valence-corrected chi connectivity index (χ1v) is 6.55. The Morgan fingerprint density at radius 3 is 2.50 bits per heavy atom. The smallest absolute Gasteiger partial charge is 0.123 e. The second-order valence-corrected chi connectivity index (χ2v) is 4.97. The Hall–Kier alpha value is -1.13. The predicted molar refractivity (Wildman–Crippen MR) is 73.3 cm³/mol. The normalized spacial score (nSPS) is 23.1. The molecule has 1 aliphatic rings. The van der Waals surface area contributed by atoms with E-state index in [-0.39, 0.29) is 5.82 Å². The highest BCUT2D eigenvalue weighted by atomic mass is 19.1. The minimum atomic E-state index is -0.172. The summed E-state index contributed by atoms with van der Waals surface area (Å²) in [7, 11) is 1.99. The van der Waals surface area contributed by atoms with Crippen LogP contribution in [-0.2, 0) is 0 Å². The number of halogens is 1. The molecule has 4 heteroatoms. The van der Waals surface area contributed by atoms with Gasteiger partial charge >= 0.3 is 0 Å². The lowest BCUT2D eigenvalue weighted by atomic mass is 10.1. The lowest BCUT2D eigenvalue weighted by molar-refractivity contribution is 0.122. The van der Waals surface area contributed by atoms with E-state index < -0.39 is 0 Å². The van der Waals surface area contributed by atoms with Crippen LogP contribution in [0.25, 0.3) is 0 Å². The van der Waals surface area contributed by atoms with E-state index in [2.05, 4.69) is 29.0 Å². The number of hydrogen-bond donors (Lipinski definition) is 1. The fourth-order valence-electron chi connectivity index (χ4n) is 2.60. The number of nitrogens with one attached hydrogen (secondary N) is 1. The van der Waals surface area contributed by atoms with Gasteiger partial charge in [-0.15, -0.1) is 0 Å². The fourth-order valence-corrected chi connectivity index (χ4v) is 2.60. The highest BCUT2D eigenvalue weighted by molar-refractivity contribution is 5.46. The molecule has 2 atom stereocenters. The monoisotopic (exact) mass is 251 g/mol. The van der Waals surface area contributed by atoms with Crippen molar-refractivity contribution in [1.29, 1.82) is 0 Å². The number of hydrogen-bond acceptors (Lipinski definition) is 3. The summed E-state index contributed by atoms with van der Waals surface area (Å²) in [6.07, 6.45) is 0.398. The lowest BCUT2D eigenvalue weighted by Gasteiger charge is -2.43. The Kier molecular flexibility index (Phi) is 4.19. The molecule has 0 bridgehead atoms. The Morgan fingerprint density at radius 2 is 1.94 bits per heavy atom. The minimum absolute atomic E-state index is 0.172. The summed E-state index contributed by atoms with van der Waals surface area (Å²) in [5.41, 5.74) is 1.11. The quantitative estimate of drug-likeness (QED) is 0.885. The molecule has 1 heterocycles. The molecule has 1 aromatic rings. The molecule has 1 aliphatic heterocycles. The summed E-state index contributed by atoms with van der Waals surface area (Å²) in [5.74, 6) is -0.172. The van der Waals surface area contributed by atoms with E-state index in [9.17, 15) is 4.39 Å². The molecule has 0 amide bonds. The maximum Gasteiger partial charge on any atom is 0.123 e. The largest absolute Gasteiger partial charge is 0.369 e. The van der Waals surface area contributed by atoms with E-state index in [1.165, 1.54) is 12.1 Å². The van der Waals surface area contributed by atoms with Crippen LogP contribution in [0.4, 0.5) is 10.1 Å². The van der Waals surface area contributed by atoms with Crippen LogP contribution in [0, 0.1) is 5.82 Å². The van der Waals surface area contributed by atoms with E-state index in [4.69, 9.17) is 0 Å². The van der Waals surface area contributed by atoms with Gasteiger partial charge in [0.05, 0.1) is 6.17 Å². The third-order valence-corrected chi connectivity index (χ3v) is 3.79. The Balaban J connectivity index is 2.01. The van der Waals surface area contributed by atoms with Gasteiger partial charge in [0.2, 0.25) is 0 Å². The van der Waals surface area contributed by atoms with Crippen LogP contribution in [0.3, 0.4) is 0 Å². The summed E-state index contributed by atoms with van der Waals surface area (Å²) < 4.78 is 12.9. The number of rotatable bonds is 3. The second-order valence-electron chi connectivity index (χ2n) is 4.97. The highest BCUT2D eigenvalue weighted by Gasteiger charge is 2.26. The zero-order chi connectivity index (χ0) is 13.1. The van der Waals surface area contributed by atoms with Gasteiger partial charge in [0.25, 0.3) is 0 Å². The summed E-state index contributed by atoms with van der Waals surface area (Å²) in [6.45, 7) is 7.42. The van der Waals surface area contributed by atoms with Crippen LogP contribution in [0.5, 0.6) is 0 Å². The van der Waals surface area contributed by atoms with E-state index in [1.807, 2.05) is 19.2 Å². The summed E-state index contributed by atoms with van der Waals surface area (Å²) in [5, 5.41) is 3.28. The van der Waals surface area contributed by atoms with Gasteiger partial charge in [0, 0.05) is 31.4 Å². The lowest BCUT2D eigenvalue weighted by Crippen LogP contribution is -2.57. The minimum Gasteiger partial charge on any atom is -0.369 e. The molecule has 0 aliphatic carbocycles. The number of piperazine rings is 1. The molecule has 1 N–H and O–H groups in total. The molecule has 1 saturated heterocycles. The van der Waals surface area contributed by atoms with Crippen LogP contribution in [0.15, 0.2) is 24.3 Å². The van der Waals surface area contributed by atoms with Gasteiger partial charge in [0.15, 0.2) is 0 Å². The topological polar surface area (TPSA) is 18.5 Å². The standard InChI is InChI=1S/C14H22FN3/c1-11-10-17(8-9-18(11)12(2)16-3)14-6-4-13(15)5-7-14/h4-7,11-12,16H,8-10H2,1-3H3/t11-,12?/m0/s1. The summed E-state index contributed by atoms with van der Waals surface area (Å²) >= 11 is 0. The van der Waals surface area contributed by atoms with Crippen molar-refractivity contribution in [3.63, 3.8) is 0 Å². The van der Waals surface area contributed by atoms with Gasteiger partial charge in [-0.2, -0.15) is 0 Å². The van der Waals surface area contributed by atoms with Crippen molar-refractivity contribution in [2.75, 3.05) is 31.6 Å². The SMILES string of the molecule is CNC(C)N1CCN(c2ccc(F)cc2)C[C@@H]1C. The molecule has 2 rings (SSSR count). The highest BCUT2D eigenvalue weighted by Crippen LogP contribution is 2.20. The van der Waals surface area contributed by atoms with E-state index in [0.717, 1.165) is 25.3 Å². The van der Waals surface area contributed by atoms with Crippen molar-refractivity contribution in [3.05, 3.63) is 30.1 Å². The van der Waals surface area contributed by atoms with Crippen LogP contribution in [-0.4, -0.2) is 43.8 Å². The molecule has 1 aromatic carbocycles. The number of anilines is 1. The van der Waals surface area contributed by atoms with Crippen molar-refractivity contribution < 1.29 is 4.39 Å². The molecule has 3 nitrogen and oxygen atoms in total. The second kappa shape index (κ2) is 5.67. The molecular formula is C14H22FN3. The first-order chi connectivity index (χ1) is 8.61. The molecule has 0 spiro atoms. The maximum absolute atomic E-state index is 12.9. The molecule has 0 saturated carbocycles. The van der Waals surface area contributed by atoms with Gasteiger partial charge in [-0.05, 0) is 45.2 Å². The average Bonchev–Trinajstić information content (AvgIpc) is 2.38. The average molecular weight is 251 g/mol. The van der Waals surface area contributed by atoms with Crippen molar-refractivity contribution >= 4 is 5.69 Å². The zero-order valence-electron chi connectivity index (χ0n) is 11.4. The van der Waals surface area contributed by atoms with Crippen LogP contribution in [0.1, 0.15) is 13.8 Å². The van der Waals surface area contributed by atoms with Gasteiger partial charge < -0.3 is 10.2 Å². The molecule has 1 fully saturated rings. The van der Waals surface area contributed by atoms with Gasteiger partial charge in [-0.1, -0.05) is 0 Å². The molecule has 18 heavy (non-hydrogen) atoms. The van der Waals surface area contributed by atoms with Crippen molar-refractivity contribution in [1.82, 2.24) is 10.2 Å². The van der Waals surface area contributed by atoms with E-state index >= 15 is 0 Å². The Bertz CT molecular complexity index is 379. The number of benzene rings is 1. The van der Waals surface area contributed by atoms with Gasteiger partial charge in [-0.25, -0.2) is 4.39 Å². The van der Waals surface area contributed by atoms with Crippen molar-refractivity contribution in [3.8, 4) is 0 Å². The molecule has 0 aromatic heterocycles. The zero-order valence-corrected chi connectivity index (χ0v) is 11.4. The van der Waals surface area contributed by atoms with Crippen LogP contribution < -0.4 is 10.2 Å². The molecule has 0 radical (unpaired) electrons.